The van der Waals surface area contributed by atoms with Crippen LogP contribution in [0.2, 0.25) is 0 Å². The van der Waals surface area contributed by atoms with Gasteiger partial charge in [-0.25, -0.2) is 9.59 Å². The van der Waals surface area contributed by atoms with Crippen molar-refractivity contribution in [2.75, 3.05) is 41.3 Å². The number of fused-ring (bicyclic) bond motifs is 4. The second-order valence-electron chi connectivity index (χ2n) is 11.4. The summed E-state index contributed by atoms with van der Waals surface area (Å²) in [7, 11) is 7.34. The normalized spacial score (nSPS) is 30.1. The molecule has 4 amide bonds. The summed E-state index contributed by atoms with van der Waals surface area (Å²) >= 11 is 0. The summed E-state index contributed by atoms with van der Waals surface area (Å²) < 4.78 is 0. The molecule has 1 aromatic carbocycles. The van der Waals surface area contributed by atoms with Crippen LogP contribution in [0.25, 0.3) is 0 Å². The van der Waals surface area contributed by atoms with Crippen LogP contribution in [0.1, 0.15) is 70.0 Å². The molecule has 3 saturated heterocycles. The molecule has 2 bridgehead atoms. The van der Waals surface area contributed by atoms with E-state index in [1.54, 1.807) is 23.9 Å². The first-order valence-corrected chi connectivity index (χ1v) is 13.1. The Bertz CT molecular complexity index is 916. The van der Waals surface area contributed by atoms with Crippen molar-refractivity contribution in [2.24, 2.45) is 0 Å². The Kier molecular flexibility index (Phi) is 6.25. The van der Waals surface area contributed by atoms with Gasteiger partial charge >= 0.3 is 12.1 Å². The molecule has 34 heavy (non-hydrogen) atoms. The lowest BCUT2D eigenvalue weighted by atomic mass is 9.63. The number of amides is 4. The van der Waals surface area contributed by atoms with Gasteiger partial charge in [0, 0.05) is 47.7 Å². The Morgan fingerprint density at radius 1 is 0.912 bits per heavy atom. The van der Waals surface area contributed by atoms with Crippen molar-refractivity contribution in [3.8, 4) is 0 Å². The number of rotatable bonds is 2. The molecule has 0 aromatic heterocycles. The predicted octanol–water partition coefficient (Wildman–Crippen LogP) is 4.05. The maximum atomic E-state index is 12.7. The fraction of sp³-hybridized carbons (Fsp3) is 0.704. The topological polar surface area (TPSA) is 59.1 Å². The standard InChI is InChI=1S/C27H41N5O2.H2/c1-29(2)25(33)28-24-11-12-27(23-8-6-5-7-22(23)24)13-15-31(16-14-27)21-17-19-9-10-20(18-21)32(19)26(34)30(3)4;/h5-8,19-21,24H,9-18H2,1-4H3,(H,28,33);1H/t19?,20?,21?,24-;/m1./s1. The van der Waals surface area contributed by atoms with Crippen LogP contribution in [0.3, 0.4) is 0 Å². The predicted molar refractivity (Wildman–Crippen MR) is 136 cm³/mol. The van der Waals surface area contributed by atoms with Crippen molar-refractivity contribution in [3.05, 3.63) is 35.4 Å². The number of piperidine rings is 2. The lowest BCUT2D eigenvalue weighted by molar-refractivity contribution is 0.0400. The average molecular weight is 470 g/mol. The number of hydrogen-bond acceptors (Lipinski definition) is 3. The van der Waals surface area contributed by atoms with Crippen molar-refractivity contribution >= 4 is 12.1 Å². The summed E-state index contributed by atoms with van der Waals surface area (Å²) in [5.74, 6) is 0. The molecule has 4 aliphatic rings. The summed E-state index contributed by atoms with van der Waals surface area (Å²) in [4.78, 5) is 33.3. The van der Waals surface area contributed by atoms with E-state index in [0.717, 1.165) is 51.6 Å². The van der Waals surface area contributed by atoms with E-state index in [2.05, 4.69) is 39.4 Å². The van der Waals surface area contributed by atoms with Gasteiger partial charge < -0.3 is 24.9 Å². The van der Waals surface area contributed by atoms with E-state index in [1.165, 1.54) is 24.0 Å². The Morgan fingerprint density at radius 2 is 1.56 bits per heavy atom. The van der Waals surface area contributed by atoms with Crippen molar-refractivity contribution in [1.29, 1.82) is 0 Å². The first-order valence-electron chi connectivity index (χ1n) is 13.1. The van der Waals surface area contributed by atoms with Crippen LogP contribution in [0.5, 0.6) is 0 Å². The molecule has 3 atom stereocenters. The third-order valence-corrected chi connectivity index (χ3v) is 9.11. The van der Waals surface area contributed by atoms with Gasteiger partial charge in [0.2, 0.25) is 0 Å². The van der Waals surface area contributed by atoms with Crippen LogP contribution in [-0.2, 0) is 5.41 Å². The van der Waals surface area contributed by atoms with Crippen LogP contribution in [0.15, 0.2) is 24.3 Å². The highest BCUT2D eigenvalue weighted by molar-refractivity contribution is 5.75. The third kappa shape index (κ3) is 4.06. The molecular weight excluding hydrogens is 426 g/mol. The Morgan fingerprint density at radius 3 is 2.18 bits per heavy atom. The summed E-state index contributed by atoms with van der Waals surface area (Å²) in [6.45, 7) is 2.27. The minimum Gasteiger partial charge on any atom is -0.331 e. The van der Waals surface area contributed by atoms with Crippen LogP contribution < -0.4 is 5.32 Å². The van der Waals surface area contributed by atoms with Crippen LogP contribution in [0, 0.1) is 0 Å². The number of carbonyl (C=O) groups excluding carboxylic acids is 2. The molecule has 3 fully saturated rings. The monoisotopic (exact) mass is 469 g/mol. The molecule has 1 N–H and O–H groups in total. The van der Waals surface area contributed by atoms with Crippen LogP contribution in [-0.4, -0.2) is 91.1 Å². The minimum atomic E-state index is -0.0145. The summed E-state index contributed by atoms with van der Waals surface area (Å²) in [6, 6.07) is 10.5. The number of likely N-dealkylation sites (tertiary alicyclic amines) is 1. The quantitative estimate of drug-likeness (QED) is 0.711. The molecule has 7 nitrogen and oxygen atoms in total. The van der Waals surface area contributed by atoms with Crippen molar-refractivity contribution in [1.82, 2.24) is 24.9 Å². The largest absolute Gasteiger partial charge is 0.331 e. The fourth-order valence-corrected chi connectivity index (χ4v) is 7.25. The maximum absolute atomic E-state index is 12.7. The SMILES string of the molecule is CN(C)C(=O)N[C@@H]1CCC2(CCN(C3CC4CCC(C3)N4C(=O)N(C)C)CC2)c2ccccc21.[HH]. The second kappa shape index (κ2) is 9.06. The van der Waals surface area contributed by atoms with Gasteiger partial charge in [0.05, 0.1) is 6.04 Å². The molecule has 5 rings (SSSR count). The average Bonchev–Trinajstić information content (AvgIpc) is 3.09. The van der Waals surface area contributed by atoms with Gasteiger partial charge in [0.25, 0.3) is 0 Å². The number of nitrogens with one attached hydrogen (secondary N) is 1. The van der Waals surface area contributed by atoms with Gasteiger partial charge in [-0.2, -0.15) is 0 Å². The Labute approximate surface area is 205 Å². The number of urea groups is 2. The Balaban J connectivity index is 0.00000289. The zero-order chi connectivity index (χ0) is 24.0. The fourth-order valence-electron chi connectivity index (χ4n) is 7.25. The van der Waals surface area contributed by atoms with E-state index in [9.17, 15) is 9.59 Å². The highest BCUT2D eigenvalue weighted by Crippen LogP contribution is 2.49. The smallest absolute Gasteiger partial charge is 0.319 e. The van der Waals surface area contributed by atoms with E-state index in [1.807, 2.05) is 14.1 Å². The van der Waals surface area contributed by atoms with E-state index in [4.69, 9.17) is 0 Å². The lowest BCUT2D eigenvalue weighted by Crippen LogP contribution is -2.57. The molecule has 188 valence electrons. The highest BCUT2D eigenvalue weighted by atomic mass is 16.2. The number of hydrogen-bond donors (Lipinski definition) is 1. The van der Waals surface area contributed by atoms with Crippen molar-refractivity contribution in [2.45, 2.75) is 80.9 Å². The molecule has 2 unspecified atom stereocenters. The van der Waals surface area contributed by atoms with Gasteiger partial charge in [-0.3, -0.25) is 0 Å². The lowest BCUT2D eigenvalue weighted by Gasteiger charge is -2.51. The van der Waals surface area contributed by atoms with Gasteiger partial charge in [-0.15, -0.1) is 0 Å². The van der Waals surface area contributed by atoms with E-state index >= 15 is 0 Å². The molecule has 1 aliphatic carbocycles. The van der Waals surface area contributed by atoms with Crippen LogP contribution >= 0.6 is 0 Å². The summed E-state index contributed by atoms with van der Waals surface area (Å²) in [6.07, 6.45) is 9.08. The highest BCUT2D eigenvalue weighted by Gasteiger charge is 2.48. The van der Waals surface area contributed by atoms with Crippen molar-refractivity contribution in [3.63, 3.8) is 0 Å². The first kappa shape index (κ1) is 23.5. The maximum Gasteiger partial charge on any atom is 0.319 e. The zero-order valence-corrected chi connectivity index (χ0v) is 21.3. The molecule has 3 aliphatic heterocycles. The molecule has 1 aromatic rings. The van der Waals surface area contributed by atoms with Gasteiger partial charge in [-0.1, -0.05) is 24.3 Å². The van der Waals surface area contributed by atoms with E-state index in [0.29, 0.717) is 18.1 Å². The number of carbonyl (C=O) groups is 2. The molecular formula is C27H43N5O2. The molecule has 0 radical (unpaired) electrons. The summed E-state index contributed by atoms with van der Waals surface area (Å²) in [5, 5.41) is 3.24. The minimum absolute atomic E-state index is 0. The van der Waals surface area contributed by atoms with Gasteiger partial charge in [-0.05, 0) is 81.0 Å². The number of benzene rings is 1. The third-order valence-electron chi connectivity index (χ3n) is 9.11. The molecule has 0 saturated carbocycles. The molecule has 7 heteroatoms. The number of nitrogens with zero attached hydrogens (tertiary/aromatic N) is 4. The molecule has 1 spiro atoms. The second-order valence-corrected chi connectivity index (χ2v) is 11.4. The van der Waals surface area contributed by atoms with E-state index < -0.39 is 0 Å². The molecule has 3 heterocycles. The zero-order valence-electron chi connectivity index (χ0n) is 21.3. The Hall–Kier alpha value is -2.28. The first-order chi connectivity index (χ1) is 16.3. The van der Waals surface area contributed by atoms with E-state index in [-0.39, 0.29) is 24.9 Å². The van der Waals surface area contributed by atoms with Crippen LogP contribution in [0.4, 0.5) is 9.59 Å². The van der Waals surface area contributed by atoms with Crippen molar-refractivity contribution < 1.29 is 11.0 Å². The van der Waals surface area contributed by atoms with Gasteiger partial charge in [0.1, 0.15) is 0 Å². The van der Waals surface area contributed by atoms with Gasteiger partial charge in [0.15, 0.2) is 0 Å². The summed E-state index contributed by atoms with van der Waals surface area (Å²) in [5.41, 5.74) is 3.00.